The van der Waals surface area contributed by atoms with E-state index < -0.39 is 0 Å². The molecule has 0 saturated carbocycles. The molecule has 112 valence electrons. The van der Waals surface area contributed by atoms with Gasteiger partial charge in [-0.1, -0.05) is 6.92 Å². The van der Waals surface area contributed by atoms with Crippen LogP contribution in [0.1, 0.15) is 36.8 Å². The fourth-order valence-corrected chi connectivity index (χ4v) is 4.05. The lowest BCUT2D eigenvalue weighted by molar-refractivity contribution is -0.120. The van der Waals surface area contributed by atoms with E-state index in [9.17, 15) is 4.79 Å². The summed E-state index contributed by atoms with van der Waals surface area (Å²) in [6.45, 7) is 4.12. The summed E-state index contributed by atoms with van der Waals surface area (Å²) in [6, 6.07) is 0. The second-order valence-corrected chi connectivity index (χ2v) is 6.85. The zero-order valence-corrected chi connectivity index (χ0v) is 13.4. The van der Waals surface area contributed by atoms with Gasteiger partial charge in [0.1, 0.15) is 0 Å². The number of piperidine rings is 1. The third-order valence-electron chi connectivity index (χ3n) is 4.08. The number of nitrogens with zero attached hydrogens (tertiary/aromatic N) is 1. The average Bonchev–Trinajstić information content (AvgIpc) is 2.81. The molecule has 2 aliphatic rings. The molecule has 1 fully saturated rings. The predicted octanol–water partition coefficient (Wildman–Crippen LogP) is 2.63. The van der Waals surface area contributed by atoms with Gasteiger partial charge in [0.05, 0.1) is 11.6 Å². The number of nitrogens with one attached hydrogen (secondary N) is 2. The molecule has 2 heterocycles. The third-order valence-corrected chi connectivity index (χ3v) is 5.12. The van der Waals surface area contributed by atoms with Gasteiger partial charge in [0.15, 0.2) is 5.13 Å². The lowest BCUT2D eigenvalue weighted by atomic mass is 9.93. The summed E-state index contributed by atoms with van der Waals surface area (Å²) in [5, 5.41) is 7.09. The van der Waals surface area contributed by atoms with Crippen LogP contribution in [0.2, 0.25) is 0 Å². The van der Waals surface area contributed by atoms with Crippen LogP contribution in [0.3, 0.4) is 0 Å². The second kappa shape index (κ2) is 6.87. The molecule has 1 aliphatic carbocycles. The predicted molar refractivity (Wildman–Crippen MR) is 84.8 cm³/mol. The quantitative estimate of drug-likeness (QED) is 0.882. The first-order chi connectivity index (χ1) is 9.22. The lowest BCUT2D eigenvalue weighted by Gasteiger charge is -2.21. The number of carbonyl (C=O) groups excluding carboxylic acids is 1. The Bertz CT molecular complexity index is 471. The Kier molecular flexibility index (Phi) is 5.41. The van der Waals surface area contributed by atoms with E-state index in [1.807, 2.05) is 0 Å². The van der Waals surface area contributed by atoms with Crippen molar-refractivity contribution in [1.82, 2.24) is 10.3 Å². The van der Waals surface area contributed by atoms with E-state index in [4.69, 9.17) is 0 Å². The standard InChI is InChI=1S/C14H21N3OS.ClH/c1-9-4-5-11-12(7-9)19-14(16-11)17-13(18)10-3-2-6-15-8-10;/h9-10,15H,2-8H2,1H3,(H,16,17,18);1H. The van der Waals surface area contributed by atoms with Gasteiger partial charge in [-0.3, -0.25) is 4.79 Å². The van der Waals surface area contributed by atoms with Gasteiger partial charge >= 0.3 is 0 Å². The maximum atomic E-state index is 12.2. The summed E-state index contributed by atoms with van der Waals surface area (Å²) in [7, 11) is 0. The number of rotatable bonds is 2. The molecule has 6 heteroatoms. The number of aryl methyl sites for hydroxylation is 1. The molecule has 1 amide bonds. The Morgan fingerprint density at radius 2 is 2.30 bits per heavy atom. The number of anilines is 1. The average molecular weight is 316 g/mol. The molecule has 20 heavy (non-hydrogen) atoms. The van der Waals surface area contributed by atoms with Gasteiger partial charge in [-0.2, -0.15) is 0 Å². The van der Waals surface area contributed by atoms with Crippen molar-refractivity contribution in [2.24, 2.45) is 11.8 Å². The largest absolute Gasteiger partial charge is 0.316 e. The van der Waals surface area contributed by atoms with E-state index in [-0.39, 0.29) is 24.2 Å². The van der Waals surface area contributed by atoms with Crippen LogP contribution in [-0.2, 0) is 17.6 Å². The highest BCUT2D eigenvalue weighted by Crippen LogP contribution is 2.32. The minimum absolute atomic E-state index is 0. The van der Waals surface area contributed by atoms with Crippen LogP contribution in [0.5, 0.6) is 0 Å². The number of aromatic nitrogens is 1. The van der Waals surface area contributed by atoms with Crippen LogP contribution in [0.4, 0.5) is 5.13 Å². The Labute approximate surface area is 130 Å². The molecule has 1 aliphatic heterocycles. The zero-order valence-electron chi connectivity index (χ0n) is 11.8. The normalized spacial score (nSPS) is 25.4. The van der Waals surface area contributed by atoms with Crippen molar-refractivity contribution >= 4 is 34.8 Å². The molecule has 0 aromatic carbocycles. The number of carbonyl (C=O) groups is 1. The number of amides is 1. The SMILES string of the molecule is CC1CCc2nc(NC(=O)C3CCCNC3)sc2C1.Cl. The number of fused-ring (bicyclic) bond motifs is 1. The Balaban J connectivity index is 0.00000147. The fraction of sp³-hybridized carbons (Fsp3) is 0.714. The molecule has 2 atom stereocenters. The number of hydrogen-bond acceptors (Lipinski definition) is 4. The highest BCUT2D eigenvalue weighted by Gasteiger charge is 2.24. The van der Waals surface area contributed by atoms with Gasteiger partial charge in [0, 0.05) is 11.4 Å². The molecule has 0 radical (unpaired) electrons. The monoisotopic (exact) mass is 315 g/mol. The maximum Gasteiger partial charge on any atom is 0.230 e. The van der Waals surface area contributed by atoms with Crippen molar-refractivity contribution in [3.8, 4) is 0 Å². The minimum atomic E-state index is 0. The summed E-state index contributed by atoms with van der Waals surface area (Å²) in [5.74, 6) is 0.985. The van der Waals surface area contributed by atoms with Gasteiger partial charge in [-0.15, -0.1) is 23.7 Å². The molecule has 1 aromatic heterocycles. The zero-order chi connectivity index (χ0) is 13.2. The molecule has 4 nitrogen and oxygen atoms in total. The van der Waals surface area contributed by atoms with Crippen LogP contribution in [0.25, 0.3) is 0 Å². The third kappa shape index (κ3) is 3.51. The minimum Gasteiger partial charge on any atom is -0.316 e. The fourth-order valence-electron chi connectivity index (χ4n) is 2.88. The molecule has 3 rings (SSSR count). The second-order valence-electron chi connectivity index (χ2n) is 5.77. The number of hydrogen-bond donors (Lipinski definition) is 2. The van der Waals surface area contributed by atoms with E-state index in [2.05, 4.69) is 22.5 Å². The summed E-state index contributed by atoms with van der Waals surface area (Å²) in [4.78, 5) is 18.1. The van der Waals surface area contributed by atoms with Gasteiger partial charge in [0.2, 0.25) is 5.91 Å². The molecular formula is C14H22ClN3OS. The van der Waals surface area contributed by atoms with E-state index in [0.717, 1.165) is 49.8 Å². The van der Waals surface area contributed by atoms with Gasteiger partial charge in [0.25, 0.3) is 0 Å². The topological polar surface area (TPSA) is 54.0 Å². The summed E-state index contributed by atoms with van der Waals surface area (Å²) in [5.41, 5.74) is 1.21. The molecule has 1 aromatic rings. The van der Waals surface area contributed by atoms with Gasteiger partial charge in [-0.05, 0) is 44.6 Å². The summed E-state index contributed by atoms with van der Waals surface area (Å²) >= 11 is 1.67. The smallest absolute Gasteiger partial charge is 0.230 e. The summed E-state index contributed by atoms with van der Waals surface area (Å²) < 4.78 is 0. The molecule has 0 bridgehead atoms. The van der Waals surface area contributed by atoms with E-state index in [1.54, 1.807) is 11.3 Å². The van der Waals surface area contributed by atoms with Crippen molar-refractivity contribution in [3.05, 3.63) is 10.6 Å². The Hall–Kier alpha value is -0.650. The molecule has 1 saturated heterocycles. The molecular weight excluding hydrogens is 294 g/mol. The van der Waals surface area contributed by atoms with Crippen LogP contribution in [-0.4, -0.2) is 24.0 Å². The molecule has 0 spiro atoms. The number of thiazole rings is 1. The van der Waals surface area contributed by atoms with E-state index in [1.165, 1.54) is 17.0 Å². The van der Waals surface area contributed by atoms with Crippen LogP contribution in [0, 0.1) is 11.8 Å². The first kappa shape index (κ1) is 15.7. The van der Waals surface area contributed by atoms with E-state index in [0.29, 0.717) is 0 Å². The highest BCUT2D eigenvalue weighted by atomic mass is 35.5. The maximum absolute atomic E-state index is 12.2. The van der Waals surface area contributed by atoms with Gasteiger partial charge in [-0.25, -0.2) is 4.98 Å². The van der Waals surface area contributed by atoms with Crippen molar-refractivity contribution in [1.29, 1.82) is 0 Å². The van der Waals surface area contributed by atoms with Crippen LogP contribution >= 0.6 is 23.7 Å². The van der Waals surface area contributed by atoms with Gasteiger partial charge < -0.3 is 10.6 Å². The van der Waals surface area contributed by atoms with E-state index >= 15 is 0 Å². The molecule has 2 unspecified atom stereocenters. The summed E-state index contributed by atoms with van der Waals surface area (Å²) in [6.07, 6.45) is 5.48. The van der Waals surface area contributed by atoms with Crippen molar-refractivity contribution < 1.29 is 4.79 Å². The number of halogens is 1. The van der Waals surface area contributed by atoms with Crippen molar-refractivity contribution in [2.45, 2.75) is 39.0 Å². The Morgan fingerprint density at radius 3 is 3.05 bits per heavy atom. The van der Waals surface area contributed by atoms with Crippen molar-refractivity contribution in [3.63, 3.8) is 0 Å². The van der Waals surface area contributed by atoms with Crippen molar-refractivity contribution in [2.75, 3.05) is 18.4 Å². The van der Waals surface area contributed by atoms with Crippen LogP contribution < -0.4 is 10.6 Å². The molecule has 2 N–H and O–H groups in total. The first-order valence-electron chi connectivity index (χ1n) is 7.22. The Morgan fingerprint density at radius 1 is 1.45 bits per heavy atom. The lowest BCUT2D eigenvalue weighted by Crippen LogP contribution is -2.37. The highest BCUT2D eigenvalue weighted by molar-refractivity contribution is 7.15. The van der Waals surface area contributed by atoms with Crippen LogP contribution in [0.15, 0.2) is 0 Å². The first-order valence-corrected chi connectivity index (χ1v) is 8.04.